The fourth-order valence-electron chi connectivity index (χ4n) is 3.68. The Morgan fingerprint density at radius 2 is 1.80 bits per heavy atom. The quantitative estimate of drug-likeness (QED) is 0.283. The molecular weight excluding hydrogens is 398 g/mol. The van der Waals surface area contributed by atoms with Crippen molar-refractivity contribution in [3.8, 4) is 0 Å². The monoisotopic (exact) mass is 425 g/mol. The van der Waals surface area contributed by atoms with Crippen molar-refractivity contribution >= 4 is 11.9 Å². The van der Waals surface area contributed by atoms with E-state index in [-0.39, 0.29) is 25.2 Å². The van der Waals surface area contributed by atoms with Crippen molar-refractivity contribution in [1.82, 2.24) is 25.5 Å². The molecule has 1 saturated heterocycles. The van der Waals surface area contributed by atoms with Gasteiger partial charge in [-0.15, -0.1) is 0 Å². The van der Waals surface area contributed by atoms with Gasteiger partial charge in [-0.2, -0.15) is 0 Å². The summed E-state index contributed by atoms with van der Waals surface area (Å²) in [6.07, 6.45) is 0.543. The number of hydrogen-bond donors (Lipinski definition) is 6. The molecule has 12 nitrogen and oxygen atoms in total. The van der Waals surface area contributed by atoms with Gasteiger partial charge in [0.25, 0.3) is 11.5 Å². The fraction of sp³-hybridized carbons (Fsp3) is 0.667. The van der Waals surface area contributed by atoms with Crippen LogP contribution in [-0.4, -0.2) is 69.1 Å². The van der Waals surface area contributed by atoms with Crippen LogP contribution in [0.25, 0.3) is 0 Å². The van der Waals surface area contributed by atoms with Crippen molar-refractivity contribution in [2.45, 2.75) is 62.7 Å². The van der Waals surface area contributed by atoms with Gasteiger partial charge in [-0.3, -0.25) is 19.1 Å². The average molecular weight is 425 g/mol. The predicted octanol–water partition coefficient (Wildman–Crippen LogP) is -2.10. The van der Waals surface area contributed by atoms with E-state index >= 15 is 0 Å². The number of urea groups is 1. The number of aliphatic hydroxyl groups excluding tert-OH is 2. The summed E-state index contributed by atoms with van der Waals surface area (Å²) in [7, 11) is 0. The number of aromatic amines is 1. The zero-order valence-corrected chi connectivity index (χ0v) is 16.4. The van der Waals surface area contributed by atoms with Crippen molar-refractivity contribution in [3.05, 3.63) is 33.1 Å². The molecule has 3 rings (SSSR count). The summed E-state index contributed by atoms with van der Waals surface area (Å²) in [4.78, 5) is 49.2. The van der Waals surface area contributed by atoms with Gasteiger partial charge >= 0.3 is 11.7 Å². The van der Waals surface area contributed by atoms with Crippen LogP contribution in [0.15, 0.2) is 21.9 Å². The molecule has 1 aliphatic carbocycles. The number of nitrogens with zero attached hydrogens (tertiary/aromatic N) is 1. The summed E-state index contributed by atoms with van der Waals surface area (Å²) in [5, 5.41) is 28.3. The predicted molar refractivity (Wildman–Crippen MR) is 104 cm³/mol. The SMILES string of the molecule is O=C(NCCNC(=O)[C@H]1O[C@@H](n2ccc(=O)[nH]c2=O)[C@H](O)[C@@H]1O)NC1CCCCC1. The number of carbonyl (C=O) groups excluding carboxylic acids is 2. The van der Waals surface area contributed by atoms with Crippen molar-refractivity contribution < 1.29 is 24.5 Å². The molecule has 12 heteroatoms. The number of aromatic nitrogens is 2. The first-order chi connectivity index (χ1) is 14.4. The summed E-state index contributed by atoms with van der Waals surface area (Å²) >= 11 is 0. The molecule has 1 saturated carbocycles. The lowest BCUT2D eigenvalue weighted by atomic mass is 9.96. The Balaban J connectivity index is 1.45. The van der Waals surface area contributed by atoms with Gasteiger partial charge in [0.2, 0.25) is 0 Å². The van der Waals surface area contributed by atoms with E-state index in [1.807, 2.05) is 4.98 Å². The second-order valence-corrected chi connectivity index (χ2v) is 7.47. The zero-order chi connectivity index (χ0) is 21.7. The summed E-state index contributed by atoms with van der Waals surface area (Å²) < 4.78 is 6.25. The van der Waals surface area contributed by atoms with E-state index in [4.69, 9.17) is 4.74 Å². The van der Waals surface area contributed by atoms with Crippen LogP contribution >= 0.6 is 0 Å². The second kappa shape index (κ2) is 9.87. The summed E-state index contributed by atoms with van der Waals surface area (Å²) in [5.74, 6) is -0.698. The number of hydrogen-bond acceptors (Lipinski definition) is 7. The highest BCUT2D eigenvalue weighted by molar-refractivity contribution is 5.82. The molecule has 2 aliphatic rings. The van der Waals surface area contributed by atoms with Gasteiger partial charge in [-0.1, -0.05) is 19.3 Å². The third-order valence-corrected chi connectivity index (χ3v) is 5.27. The highest BCUT2D eigenvalue weighted by Gasteiger charge is 2.47. The van der Waals surface area contributed by atoms with Gasteiger partial charge in [-0.25, -0.2) is 9.59 Å². The first-order valence-corrected chi connectivity index (χ1v) is 10.0. The third kappa shape index (κ3) is 5.26. The maximum absolute atomic E-state index is 12.3. The molecule has 0 spiro atoms. The van der Waals surface area contributed by atoms with Gasteiger partial charge < -0.3 is 30.9 Å². The molecule has 0 aromatic carbocycles. The highest BCUT2D eigenvalue weighted by atomic mass is 16.6. The Labute approximate surface area is 171 Å². The van der Waals surface area contributed by atoms with Gasteiger partial charge in [0.05, 0.1) is 0 Å². The molecule has 3 amide bonds. The van der Waals surface area contributed by atoms with Crippen molar-refractivity contribution in [1.29, 1.82) is 0 Å². The van der Waals surface area contributed by atoms with E-state index in [1.165, 1.54) is 6.42 Å². The maximum atomic E-state index is 12.3. The molecule has 4 atom stereocenters. The molecule has 0 bridgehead atoms. The first-order valence-electron chi connectivity index (χ1n) is 10.0. The minimum Gasteiger partial charge on any atom is -0.387 e. The highest BCUT2D eigenvalue weighted by Crippen LogP contribution is 2.28. The molecule has 1 aromatic heterocycles. The van der Waals surface area contributed by atoms with Crippen LogP contribution in [0.4, 0.5) is 4.79 Å². The largest absolute Gasteiger partial charge is 0.387 e. The number of rotatable bonds is 6. The molecule has 2 heterocycles. The van der Waals surface area contributed by atoms with Crippen LogP contribution < -0.4 is 27.2 Å². The number of H-pyrrole nitrogens is 1. The van der Waals surface area contributed by atoms with Crippen LogP contribution in [0.5, 0.6) is 0 Å². The lowest BCUT2D eigenvalue weighted by Gasteiger charge is -2.23. The lowest BCUT2D eigenvalue weighted by molar-refractivity contribution is -0.137. The molecular formula is C18H27N5O7. The Kier molecular flexibility index (Phi) is 7.24. The molecule has 6 N–H and O–H groups in total. The van der Waals surface area contributed by atoms with E-state index < -0.39 is 41.7 Å². The molecule has 0 radical (unpaired) electrons. The smallest absolute Gasteiger partial charge is 0.330 e. The Morgan fingerprint density at radius 1 is 1.10 bits per heavy atom. The number of ether oxygens (including phenoxy) is 1. The molecule has 0 unspecified atom stereocenters. The zero-order valence-electron chi connectivity index (χ0n) is 16.4. The topological polar surface area (TPSA) is 175 Å². The molecule has 1 aliphatic heterocycles. The van der Waals surface area contributed by atoms with Crippen LogP contribution in [0, 0.1) is 0 Å². The van der Waals surface area contributed by atoms with Crippen LogP contribution in [0.2, 0.25) is 0 Å². The van der Waals surface area contributed by atoms with Gasteiger partial charge in [0.1, 0.15) is 12.2 Å². The van der Waals surface area contributed by atoms with Crippen LogP contribution in [0.3, 0.4) is 0 Å². The molecule has 2 fully saturated rings. The van der Waals surface area contributed by atoms with Gasteiger partial charge in [0.15, 0.2) is 12.3 Å². The first kappa shape index (κ1) is 22.0. The molecule has 1 aromatic rings. The average Bonchev–Trinajstić information content (AvgIpc) is 3.01. The summed E-state index contributed by atoms with van der Waals surface area (Å²) in [5.41, 5.74) is -1.47. The van der Waals surface area contributed by atoms with Crippen molar-refractivity contribution in [2.75, 3.05) is 13.1 Å². The summed E-state index contributed by atoms with van der Waals surface area (Å²) in [6, 6.07) is 0.924. The maximum Gasteiger partial charge on any atom is 0.330 e. The minimum atomic E-state index is -1.57. The minimum absolute atomic E-state index is 0.0862. The Morgan fingerprint density at radius 3 is 2.50 bits per heavy atom. The van der Waals surface area contributed by atoms with E-state index in [0.29, 0.717) is 0 Å². The molecule has 166 valence electrons. The normalized spacial score (nSPS) is 26.9. The van der Waals surface area contributed by atoms with Crippen molar-refractivity contribution in [3.63, 3.8) is 0 Å². The van der Waals surface area contributed by atoms with Gasteiger partial charge in [-0.05, 0) is 12.8 Å². The van der Waals surface area contributed by atoms with E-state index in [1.54, 1.807) is 0 Å². The van der Waals surface area contributed by atoms with Crippen LogP contribution in [-0.2, 0) is 9.53 Å². The lowest BCUT2D eigenvalue weighted by Crippen LogP contribution is -2.47. The fourth-order valence-corrected chi connectivity index (χ4v) is 3.68. The number of aliphatic hydroxyl groups is 2. The molecule has 30 heavy (non-hydrogen) atoms. The number of amides is 3. The van der Waals surface area contributed by atoms with Gasteiger partial charge in [0, 0.05) is 31.4 Å². The van der Waals surface area contributed by atoms with Crippen LogP contribution in [0.1, 0.15) is 38.3 Å². The number of nitrogens with one attached hydrogen (secondary N) is 4. The second-order valence-electron chi connectivity index (χ2n) is 7.47. The third-order valence-electron chi connectivity index (χ3n) is 5.27. The summed E-state index contributed by atoms with van der Waals surface area (Å²) in [6.45, 7) is 0.251. The van der Waals surface area contributed by atoms with Crippen molar-refractivity contribution in [2.24, 2.45) is 0 Å². The Bertz CT molecular complexity index is 863. The van der Waals surface area contributed by atoms with E-state index in [0.717, 1.165) is 42.5 Å². The van der Waals surface area contributed by atoms with E-state index in [9.17, 15) is 29.4 Å². The number of carbonyl (C=O) groups is 2. The Hall–Kier alpha value is -2.70. The standard InChI is InChI=1S/C18H27N5O7/c24-11-6-9-23(18(29)22-11)16-13(26)12(25)14(30-16)15(27)19-7-8-20-17(28)21-10-4-2-1-3-5-10/h6,9-10,12-14,16,25-26H,1-5,7-8H2,(H,19,27)(H2,20,21,28)(H,22,24,29)/t12-,13+,14-,16+/m0/s1. The van der Waals surface area contributed by atoms with E-state index in [2.05, 4.69) is 16.0 Å².